The molecule has 0 rings (SSSR count). The maximum absolute atomic E-state index is 8.36. The van der Waals surface area contributed by atoms with Crippen molar-refractivity contribution in [1.29, 1.82) is 0 Å². The van der Waals surface area contributed by atoms with E-state index in [1.165, 1.54) is 0 Å². The molecule has 1 radical (unpaired) electrons. The average molecular weight is 434 g/mol. The van der Waals surface area contributed by atoms with E-state index in [-0.39, 0.29) is 68.5 Å². The number of rotatable bonds is 0. The Morgan fingerprint density at radius 2 is 0.579 bits per heavy atom. The normalized spacial score (nSPS) is 3.79. The second-order valence-corrected chi connectivity index (χ2v) is 0.685. The first-order valence-electron chi connectivity index (χ1n) is 1.66. The first-order chi connectivity index (χ1) is 5.20. The molecule has 0 aliphatic rings. The van der Waals surface area contributed by atoms with Gasteiger partial charge in [0.2, 0.25) is 0 Å². The largest absolute Gasteiger partial charge is 0.412 e. The van der Waals surface area contributed by atoms with Crippen molar-refractivity contribution in [3.8, 4) is 0 Å². The van der Waals surface area contributed by atoms with E-state index in [1.54, 1.807) is 0 Å². The Morgan fingerprint density at radius 1 is 0.579 bits per heavy atom. The van der Waals surface area contributed by atoms with Crippen LogP contribution in [0.4, 0.5) is 0 Å². The standard InChI is InChI=1S/La.HNO3.2NO3.6H2O/c;3*2-1(3)4;;;;;;/h;(H,2,3,4);;;6*1H2/q;;2*-1;;;;;;. The molecule has 0 bridgehead atoms. The fraction of sp³-hybridized carbons (Fsp3) is 0. The minimum absolute atomic E-state index is 0. The maximum atomic E-state index is 8.36. The first-order valence-corrected chi connectivity index (χ1v) is 1.66. The molecule has 0 saturated carbocycles. The Balaban J connectivity index is -0.00000000675. The van der Waals surface area contributed by atoms with Crippen molar-refractivity contribution in [3.63, 3.8) is 0 Å². The van der Waals surface area contributed by atoms with E-state index in [2.05, 4.69) is 0 Å². The molecule has 0 heterocycles. The third-order valence-electron chi connectivity index (χ3n) is 0. The molecule has 123 valence electrons. The van der Waals surface area contributed by atoms with Gasteiger partial charge in [0.15, 0.2) is 0 Å². The molecule has 13 N–H and O–H groups in total. The van der Waals surface area contributed by atoms with Gasteiger partial charge in [-0.2, -0.15) is 0 Å². The number of hydrogen-bond donors (Lipinski definition) is 1. The zero-order valence-electron chi connectivity index (χ0n) is 8.63. The quantitative estimate of drug-likeness (QED) is 0.280. The molecule has 0 unspecified atom stereocenters. The molecule has 0 aromatic heterocycles. The van der Waals surface area contributed by atoms with Gasteiger partial charge in [0.05, 0.1) is 10.2 Å². The Bertz CT molecular complexity index is 115. The molecule has 0 aliphatic carbocycles. The second kappa shape index (κ2) is 70.2. The van der Waals surface area contributed by atoms with Gasteiger partial charge >= 0.3 is 0 Å². The van der Waals surface area contributed by atoms with Crippen LogP contribution in [0.1, 0.15) is 0 Å². The summed E-state index contributed by atoms with van der Waals surface area (Å²) in [6, 6.07) is 0. The van der Waals surface area contributed by atoms with E-state index in [9.17, 15) is 0 Å². The van der Waals surface area contributed by atoms with E-state index in [0.717, 1.165) is 0 Å². The van der Waals surface area contributed by atoms with Crippen LogP contribution in [-0.4, -0.2) is 53.3 Å². The monoisotopic (exact) mass is 434 g/mol. The summed E-state index contributed by atoms with van der Waals surface area (Å²) in [5.41, 5.74) is 0. The Hall–Kier alpha value is -1.45. The third kappa shape index (κ3) is 1680. The van der Waals surface area contributed by atoms with Crippen molar-refractivity contribution >= 4 is 0 Å². The van der Waals surface area contributed by atoms with Crippen molar-refractivity contribution in [1.82, 2.24) is 0 Å². The van der Waals surface area contributed by atoms with Crippen LogP contribution in [0, 0.1) is 76.4 Å². The average Bonchev–Trinajstić information content (AvgIpc) is 1.54. The molecule has 18 nitrogen and oxygen atoms in total. The molecule has 0 aromatic rings. The van der Waals surface area contributed by atoms with Gasteiger partial charge in [-0.05, 0) is 0 Å². The van der Waals surface area contributed by atoms with Gasteiger partial charge in [-0.15, -0.1) is 10.1 Å². The molecular weight excluding hydrogens is 421 g/mol. The molecule has 0 amide bonds. The van der Waals surface area contributed by atoms with Gasteiger partial charge in [0.1, 0.15) is 0 Å². The van der Waals surface area contributed by atoms with E-state index in [1.807, 2.05) is 0 Å². The Kier molecular flexibility index (Phi) is 311. The molecule has 0 aromatic carbocycles. The van der Waals surface area contributed by atoms with E-state index in [0.29, 0.717) is 0 Å². The summed E-state index contributed by atoms with van der Waals surface area (Å²) >= 11 is 0. The predicted molar refractivity (Wildman–Crippen MR) is 51.2 cm³/mol. The minimum Gasteiger partial charge on any atom is -0.412 e. The summed E-state index contributed by atoms with van der Waals surface area (Å²) in [5, 5.41) is 43.1. The van der Waals surface area contributed by atoms with E-state index < -0.39 is 15.3 Å². The molecule has 0 fully saturated rings. The molecule has 19 heavy (non-hydrogen) atoms. The van der Waals surface area contributed by atoms with Crippen LogP contribution < -0.4 is 0 Å². The van der Waals surface area contributed by atoms with Crippen LogP contribution in [-0.2, 0) is 0 Å². The Morgan fingerprint density at radius 3 is 0.579 bits per heavy atom. The first kappa shape index (κ1) is 84.3. The smallest absolute Gasteiger partial charge is 0.291 e. The molecule has 19 heteroatoms. The summed E-state index contributed by atoms with van der Waals surface area (Å²) in [4.78, 5) is 24.9. The minimum atomic E-state index is -1.75. The summed E-state index contributed by atoms with van der Waals surface area (Å²) in [6.45, 7) is 0. The topological polar surface area (TPSA) is 385 Å². The van der Waals surface area contributed by atoms with Gasteiger partial charge in [0, 0.05) is 35.6 Å². The van der Waals surface area contributed by atoms with Crippen LogP contribution in [0.3, 0.4) is 0 Å². The SMILES string of the molecule is O.O.O.O.O.O.O=[N+]([O-])O.O=[N+]([O-])[O-].O=[N+]([O-])[O-].[La]. The molecule has 0 atom stereocenters. The third-order valence-corrected chi connectivity index (χ3v) is 0. The van der Waals surface area contributed by atoms with Crippen LogP contribution in [0.25, 0.3) is 0 Å². The van der Waals surface area contributed by atoms with Crippen molar-refractivity contribution in [2.45, 2.75) is 0 Å². The fourth-order valence-electron chi connectivity index (χ4n) is 0. The van der Waals surface area contributed by atoms with E-state index in [4.69, 9.17) is 46.0 Å². The fourth-order valence-corrected chi connectivity index (χ4v) is 0. The van der Waals surface area contributed by atoms with E-state index >= 15 is 0 Å². The van der Waals surface area contributed by atoms with Gasteiger partial charge in [-0.25, -0.2) is 0 Å². The van der Waals surface area contributed by atoms with Gasteiger partial charge in [-0.1, -0.05) is 0 Å². The van der Waals surface area contributed by atoms with Crippen LogP contribution in [0.2, 0.25) is 0 Å². The summed E-state index contributed by atoms with van der Waals surface area (Å²) in [5.74, 6) is 0. The van der Waals surface area contributed by atoms with Crippen molar-refractivity contribution in [3.05, 3.63) is 40.8 Å². The van der Waals surface area contributed by atoms with Gasteiger partial charge < -0.3 is 68.7 Å². The van der Waals surface area contributed by atoms with Crippen LogP contribution in [0.15, 0.2) is 0 Å². The summed E-state index contributed by atoms with van der Waals surface area (Å²) < 4.78 is 0. The molecular formula is H13LaN3O15-2. The van der Waals surface area contributed by atoms with Crippen LogP contribution >= 0.6 is 0 Å². The van der Waals surface area contributed by atoms with Crippen molar-refractivity contribution in [2.24, 2.45) is 0 Å². The van der Waals surface area contributed by atoms with Crippen molar-refractivity contribution in [2.75, 3.05) is 0 Å². The second-order valence-electron chi connectivity index (χ2n) is 0.685. The predicted octanol–water partition coefficient (Wildman–Crippen LogP) is -5.77. The van der Waals surface area contributed by atoms with Crippen LogP contribution in [0.5, 0.6) is 0 Å². The summed E-state index contributed by atoms with van der Waals surface area (Å²) in [6.07, 6.45) is 0. The zero-order valence-corrected chi connectivity index (χ0v) is 12.3. The molecule has 0 aliphatic heterocycles. The van der Waals surface area contributed by atoms with Crippen molar-refractivity contribution < 1.29 is 88.9 Å². The summed E-state index contributed by atoms with van der Waals surface area (Å²) in [7, 11) is 0. The Labute approximate surface area is 130 Å². The zero-order chi connectivity index (χ0) is 10.7. The number of hydrogen-bond acceptors (Lipinski definition) is 8. The maximum Gasteiger partial charge on any atom is 0.291 e. The molecule has 0 saturated heterocycles. The van der Waals surface area contributed by atoms with Gasteiger partial charge in [0.25, 0.3) is 5.09 Å². The van der Waals surface area contributed by atoms with Gasteiger partial charge in [-0.3, -0.25) is 0 Å². The molecule has 0 spiro atoms. The number of nitrogens with zero attached hydrogens (tertiary/aromatic N) is 3.